The fraction of sp³-hybridized carbons (Fsp3) is 0.0870. The number of aromatic nitrogens is 2. The van der Waals surface area contributed by atoms with Gasteiger partial charge < -0.3 is 9.71 Å². The number of nitrogens with one attached hydrogen (secondary N) is 2. The van der Waals surface area contributed by atoms with E-state index in [-0.39, 0.29) is 0 Å². The normalized spacial score (nSPS) is 11.7. The van der Waals surface area contributed by atoms with E-state index in [1.54, 1.807) is 18.2 Å². The Morgan fingerprint density at radius 1 is 1.03 bits per heavy atom. The van der Waals surface area contributed by atoms with E-state index in [2.05, 4.69) is 50.8 Å². The van der Waals surface area contributed by atoms with Crippen LogP contribution in [0.15, 0.2) is 71.6 Å². The number of hydrogen-bond donors (Lipinski definition) is 2. The monoisotopic (exact) mass is 417 g/mol. The van der Waals surface area contributed by atoms with Crippen molar-refractivity contribution in [3.05, 3.63) is 78.1 Å². The standard InChI is InChI=1S/C23H19N3OS2/c1-28-26-20-6-4-3-5-19(20)17-10-13-21-22(15-17)25-23(24-21)14-9-16-7-11-18(12-8-16)29(2)27/h3-8,10-13,15,26H,1-2H3,(H,24,25). The second-order valence-electron chi connectivity index (χ2n) is 6.40. The van der Waals surface area contributed by atoms with Crippen LogP contribution in [0.3, 0.4) is 0 Å². The average molecular weight is 418 g/mol. The van der Waals surface area contributed by atoms with Crippen LogP contribution in [0.1, 0.15) is 11.4 Å². The van der Waals surface area contributed by atoms with Crippen LogP contribution in [0, 0.1) is 11.8 Å². The second kappa shape index (κ2) is 8.56. The molecule has 0 spiro atoms. The van der Waals surface area contributed by atoms with E-state index in [0.29, 0.717) is 5.82 Å². The van der Waals surface area contributed by atoms with Crippen LogP contribution in [0.25, 0.3) is 22.2 Å². The Labute approximate surface area is 176 Å². The molecule has 0 aliphatic heterocycles. The fourth-order valence-electron chi connectivity index (χ4n) is 3.03. The number of H-pyrrole nitrogens is 1. The van der Waals surface area contributed by atoms with Crippen molar-refractivity contribution in [1.82, 2.24) is 9.97 Å². The van der Waals surface area contributed by atoms with Crippen LogP contribution in [-0.2, 0) is 10.8 Å². The van der Waals surface area contributed by atoms with Crippen molar-refractivity contribution >= 4 is 39.5 Å². The molecule has 1 atom stereocenters. The molecule has 0 saturated carbocycles. The number of rotatable bonds is 4. The summed E-state index contributed by atoms with van der Waals surface area (Å²) in [7, 11) is -0.982. The minimum absolute atomic E-state index is 0.621. The molecule has 0 aliphatic rings. The van der Waals surface area contributed by atoms with Gasteiger partial charge in [0.25, 0.3) is 0 Å². The third-order valence-electron chi connectivity index (χ3n) is 4.44. The molecule has 4 nitrogen and oxygen atoms in total. The number of para-hydroxylation sites is 1. The van der Waals surface area contributed by atoms with Crippen molar-refractivity contribution in [2.24, 2.45) is 0 Å². The number of benzene rings is 3. The molecular weight excluding hydrogens is 398 g/mol. The van der Waals surface area contributed by atoms with Crippen molar-refractivity contribution < 1.29 is 4.21 Å². The number of fused-ring (bicyclic) bond motifs is 1. The van der Waals surface area contributed by atoms with Crippen molar-refractivity contribution in [3.8, 4) is 23.0 Å². The van der Waals surface area contributed by atoms with Crippen LogP contribution in [0.4, 0.5) is 5.69 Å². The van der Waals surface area contributed by atoms with E-state index >= 15 is 0 Å². The van der Waals surface area contributed by atoms with Crippen molar-refractivity contribution in [1.29, 1.82) is 0 Å². The molecule has 144 valence electrons. The van der Waals surface area contributed by atoms with Gasteiger partial charge in [-0.05, 0) is 53.9 Å². The Morgan fingerprint density at radius 3 is 2.59 bits per heavy atom. The molecule has 0 saturated heterocycles. The Balaban J connectivity index is 1.64. The third kappa shape index (κ3) is 4.37. The lowest BCUT2D eigenvalue weighted by Gasteiger charge is -2.09. The molecule has 0 aliphatic carbocycles. The van der Waals surface area contributed by atoms with Gasteiger partial charge in [0.2, 0.25) is 0 Å². The molecule has 1 aromatic heterocycles. The Bertz CT molecular complexity index is 1250. The lowest BCUT2D eigenvalue weighted by molar-refractivity contribution is 0.687. The first-order chi connectivity index (χ1) is 14.1. The summed E-state index contributed by atoms with van der Waals surface area (Å²) in [6.07, 6.45) is 3.67. The quantitative estimate of drug-likeness (QED) is 0.360. The predicted octanol–water partition coefficient (Wildman–Crippen LogP) is 5.06. The lowest BCUT2D eigenvalue weighted by Crippen LogP contribution is -1.89. The van der Waals surface area contributed by atoms with E-state index in [1.165, 1.54) is 0 Å². The van der Waals surface area contributed by atoms with Crippen molar-refractivity contribution in [2.75, 3.05) is 17.2 Å². The Hall–Kier alpha value is -3.01. The number of aromatic amines is 1. The van der Waals surface area contributed by atoms with Gasteiger partial charge in [-0.3, -0.25) is 4.21 Å². The first-order valence-corrected chi connectivity index (χ1v) is 11.8. The molecule has 29 heavy (non-hydrogen) atoms. The van der Waals surface area contributed by atoms with Gasteiger partial charge in [-0.15, -0.1) is 0 Å². The highest BCUT2D eigenvalue weighted by molar-refractivity contribution is 7.99. The van der Waals surface area contributed by atoms with Crippen molar-refractivity contribution in [3.63, 3.8) is 0 Å². The van der Waals surface area contributed by atoms with Gasteiger partial charge in [-0.25, -0.2) is 4.98 Å². The average Bonchev–Trinajstić information content (AvgIpc) is 3.15. The van der Waals surface area contributed by atoms with E-state index in [1.807, 2.05) is 48.7 Å². The van der Waals surface area contributed by atoms with E-state index < -0.39 is 10.8 Å². The highest BCUT2D eigenvalue weighted by atomic mass is 32.2. The summed E-state index contributed by atoms with van der Waals surface area (Å²) in [5, 5.41) is 0. The first-order valence-electron chi connectivity index (χ1n) is 8.98. The summed E-state index contributed by atoms with van der Waals surface area (Å²) in [4.78, 5) is 8.66. The van der Waals surface area contributed by atoms with Gasteiger partial charge in [0, 0.05) is 39.3 Å². The summed E-state index contributed by atoms with van der Waals surface area (Å²) < 4.78 is 14.8. The molecule has 0 amide bonds. The zero-order chi connectivity index (χ0) is 20.2. The van der Waals surface area contributed by atoms with E-state index in [0.717, 1.165) is 38.3 Å². The molecule has 4 aromatic rings. The number of hydrogen-bond acceptors (Lipinski definition) is 4. The molecule has 0 fully saturated rings. The third-order valence-corrected chi connectivity index (χ3v) is 5.80. The van der Waals surface area contributed by atoms with Gasteiger partial charge in [0.15, 0.2) is 5.82 Å². The minimum atomic E-state index is -0.982. The summed E-state index contributed by atoms with van der Waals surface area (Å²) in [6.45, 7) is 0. The zero-order valence-electron chi connectivity index (χ0n) is 16.0. The maximum absolute atomic E-state index is 11.5. The van der Waals surface area contributed by atoms with Crippen LogP contribution in [0.5, 0.6) is 0 Å². The smallest absolute Gasteiger partial charge is 0.184 e. The molecule has 4 rings (SSSR count). The van der Waals surface area contributed by atoms with Gasteiger partial charge in [0.1, 0.15) is 0 Å². The molecular formula is C23H19N3OS2. The predicted molar refractivity (Wildman–Crippen MR) is 123 cm³/mol. The fourth-order valence-corrected chi connectivity index (χ4v) is 3.95. The minimum Gasteiger partial charge on any atom is -0.331 e. The molecule has 0 radical (unpaired) electrons. The molecule has 1 unspecified atom stereocenters. The maximum atomic E-state index is 11.5. The molecule has 6 heteroatoms. The number of imidazole rings is 1. The van der Waals surface area contributed by atoms with Crippen LogP contribution >= 0.6 is 11.9 Å². The first kappa shape index (κ1) is 19.3. The highest BCUT2D eigenvalue weighted by Gasteiger charge is 2.07. The zero-order valence-corrected chi connectivity index (χ0v) is 17.7. The lowest BCUT2D eigenvalue weighted by atomic mass is 10.0. The molecule has 2 N–H and O–H groups in total. The highest BCUT2D eigenvalue weighted by Crippen LogP contribution is 2.30. The summed E-state index contributed by atoms with van der Waals surface area (Å²) in [5.74, 6) is 6.81. The van der Waals surface area contributed by atoms with Gasteiger partial charge >= 0.3 is 0 Å². The van der Waals surface area contributed by atoms with Crippen LogP contribution in [0.2, 0.25) is 0 Å². The van der Waals surface area contributed by atoms with Crippen LogP contribution < -0.4 is 4.72 Å². The van der Waals surface area contributed by atoms with Gasteiger partial charge in [-0.2, -0.15) is 0 Å². The topological polar surface area (TPSA) is 57.8 Å². The maximum Gasteiger partial charge on any atom is 0.184 e. The van der Waals surface area contributed by atoms with E-state index in [4.69, 9.17) is 0 Å². The molecule has 1 heterocycles. The molecule has 3 aromatic carbocycles. The SMILES string of the molecule is CSNc1ccccc1-c1ccc2nc(C#Cc3ccc(S(C)=O)cc3)[nH]c2c1. The van der Waals surface area contributed by atoms with Gasteiger partial charge in [0.05, 0.1) is 16.7 Å². The van der Waals surface area contributed by atoms with Gasteiger partial charge in [-0.1, -0.05) is 42.1 Å². The summed E-state index contributed by atoms with van der Waals surface area (Å²) in [6, 6.07) is 21.8. The van der Waals surface area contributed by atoms with E-state index in [9.17, 15) is 4.21 Å². The van der Waals surface area contributed by atoms with Crippen LogP contribution in [-0.4, -0.2) is 26.7 Å². The summed E-state index contributed by atoms with van der Waals surface area (Å²) in [5.41, 5.74) is 6.01. The second-order valence-corrected chi connectivity index (χ2v) is 8.39. The Kier molecular flexibility index (Phi) is 5.70. The largest absolute Gasteiger partial charge is 0.331 e. The molecule has 0 bridgehead atoms. The van der Waals surface area contributed by atoms with Crippen molar-refractivity contribution in [2.45, 2.75) is 4.90 Å². The Morgan fingerprint density at radius 2 is 1.83 bits per heavy atom. The summed E-state index contributed by atoms with van der Waals surface area (Å²) >= 11 is 1.57. The number of nitrogens with zero attached hydrogens (tertiary/aromatic N) is 1. The number of anilines is 1.